The first-order valence-electron chi connectivity index (χ1n) is 13.5. The van der Waals surface area contributed by atoms with Crippen LogP contribution in [0.5, 0.6) is 11.5 Å². The van der Waals surface area contributed by atoms with E-state index in [2.05, 4.69) is 5.32 Å². The molecule has 226 valence electrons. The Balaban J connectivity index is 3.02. The molecule has 0 aliphatic heterocycles. The number of ether oxygens (including phenoxy) is 5. The van der Waals surface area contributed by atoms with Crippen LogP contribution in [0.15, 0.2) is 18.2 Å². The fraction of sp³-hybridized carbons (Fsp3) is 0.655. The number of carboxylic acid groups (broad SMARTS) is 1. The largest absolute Gasteiger partial charge is 0.513 e. The quantitative estimate of drug-likeness (QED) is 0.166. The van der Waals surface area contributed by atoms with Gasteiger partial charge in [0.25, 0.3) is 0 Å². The minimum absolute atomic E-state index is 0.00597. The molecule has 1 aromatic carbocycles. The molecule has 0 aliphatic rings. The molecule has 0 saturated carbocycles. The lowest BCUT2D eigenvalue weighted by Gasteiger charge is -2.20. The SMILES string of the molecule is CCCCC(=O)OC(C)CN[C@@H](Cc1ccc(OC(=O)OCC(C)(C)C)c(OC(=O)OCC(C)(C)C)c1)C(=O)O. The summed E-state index contributed by atoms with van der Waals surface area (Å²) in [7, 11) is 0. The van der Waals surface area contributed by atoms with Gasteiger partial charge in [0.2, 0.25) is 0 Å². The van der Waals surface area contributed by atoms with Gasteiger partial charge in [-0.25, -0.2) is 9.59 Å². The van der Waals surface area contributed by atoms with Crippen molar-refractivity contribution in [3.05, 3.63) is 23.8 Å². The van der Waals surface area contributed by atoms with Gasteiger partial charge >= 0.3 is 24.2 Å². The van der Waals surface area contributed by atoms with Crippen molar-refractivity contribution >= 4 is 24.2 Å². The van der Waals surface area contributed by atoms with Crippen molar-refractivity contribution in [3.63, 3.8) is 0 Å². The Labute approximate surface area is 236 Å². The zero-order chi connectivity index (χ0) is 30.5. The second kappa shape index (κ2) is 16.1. The molecule has 40 heavy (non-hydrogen) atoms. The number of unbranched alkanes of at least 4 members (excludes halogenated alkanes) is 1. The van der Waals surface area contributed by atoms with Crippen molar-refractivity contribution in [1.29, 1.82) is 0 Å². The lowest BCUT2D eigenvalue weighted by Crippen LogP contribution is -2.42. The van der Waals surface area contributed by atoms with E-state index >= 15 is 0 Å². The maximum Gasteiger partial charge on any atom is 0.513 e. The van der Waals surface area contributed by atoms with Crippen LogP contribution in [-0.2, 0) is 30.2 Å². The molecule has 0 saturated heterocycles. The lowest BCUT2D eigenvalue weighted by molar-refractivity contribution is -0.148. The van der Waals surface area contributed by atoms with Gasteiger partial charge in [-0.2, -0.15) is 0 Å². The Morgan fingerprint density at radius 3 is 1.95 bits per heavy atom. The molecule has 11 nitrogen and oxygen atoms in total. The molecule has 0 aromatic heterocycles. The molecule has 1 rings (SSSR count). The Kier molecular flexibility index (Phi) is 13.9. The highest BCUT2D eigenvalue weighted by atomic mass is 16.7. The number of hydrogen-bond acceptors (Lipinski definition) is 10. The highest BCUT2D eigenvalue weighted by Gasteiger charge is 2.23. The minimum atomic E-state index is -1.12. The summed E-state index contributed by atoms with van der Waals surface area (Å²) >= 11 is 0. The van der Waals surface area contributed by atoms with Crippen LogP contribution in [0, 0.1) is 10.8 Å². The summed E-state index contributed by atoms with van der Waals surface area (Å²) in [6, 6.07) is 3.29. The summed E-state index contributed by atoms with van der Waals surface area (Å²) in [4.78, 5) is 48.4. The third-order valence-corrected chi connectivity index (χ3v) is 5.10. The number of hydrogen-bond donors (Lipinski definition) is 2. The molecule has 2 N–H and O–H groups in total. The van der Waals surface area contributed by atoms with Gasteiger partial charge in [-0.1, -0.05) is 61.0 Å². The summed E-state index contributed by atoms with van der Waals surface area (Å²) in [5, 5.41) is 12.6. The average molecular weight is 568 g/mol. The van der Waals surface area contributed by atoms with E-state index in [1.54, 1.807) is 13.0 Å². The number of carbonyl (C=O) groups is 4. The Morgan fingerprint density at radius 1 is 0.900 bits per heavy atom. The van der Waals surface area contributed by atoms with Crippen molar-refractivity contribution in [3.8, 4) is 11.5 Å². The zero-order valence-electron chi connectivity index (χ0n) is 25.0. The maximum absolute atomic E-state index is 12.4. The van der Waals surface area contributed by atoms with E-state index < -0.39 is 30.4 Å². The zero-order valence-corrected chi connectivity index (χ0v) is 25.0. The summed E-state index contributed by atoms with van der Waals surface area (Å²) in [5.74, 6) is -1.68. The highest BCUT2D eigenvalue weighted by Crippen LogP contribution is 2.30. The van der Waals surface area contributed by atoms with Gasteiger partial charge in [0.05, 0.1) is 13.2 Å². The molecular formula is C29H45NO10. The molecule has 0 heterocycles. The van der Waals surface area contributed by atoms with Gasteiger partial charge in [0, 0.05) is 13.0 Å². The normalized spacial score (nSPS) is 13.1. The van der Waals surface area contributed by atoms with Crippen molar-refractivity contribution in [2.75, 3.05) is 19.8 Å². The van der Waals surface area contributed by atoms with Gasteiger partial charge in [-0.05, 0) is 48.3 Å². The summed E-state index contributed by atoms with van der Waals surface area (Å²) in [6.45, 7) is 15.3. The van der Waals surface area contributed by atoms with E-state index in [1.165, 1.54) is 12.1 Å². The summed E-state index contributed by atoms with van der Waals surface area (Å²) < 4.78 is 26.2. The monoisotopic (exact) mass is 567 g/mol. The van der Waals surface area contributed by atoms with E-state index in [0.717, 1.165) is 12.8 Å². The van der Waals surface area contributed by atoms with Gasteiger partial charge in [-0.15, -0.1) is 0 Å². The lowest BCUT2D eigenvalue weighted by atomic mass is 9.99. The molecule has 0 radical (unpaired) electrons. The van der Waals surface area contributed by atoms with E-state index in [9.17, 15) is 24.3 Å². The van der Waals surface area contributed by atoms with Gasteiger partial charge in [0.1, 0.15) is 12.1 Å². The van der Waals surface area contributed by atoms with Crippen LogP contribution in [0.4, 0.5) is 9.59 Å². The standard InChI is InChI=1S/C29H45NO10/c1-9-10-11-24(31)38-19(2)16-30-21(25(32)33)14-20-12-13-22(39-26(34)36-17-28(3,4)5)23(15-20)40-27(35)37-18-29(6,7)8/h12-13,15,19,21,30H,9-11,14,16-18H2,1-8H3,(H,32,33)/t19?,21-/m0/s1. The van der Waals surface area contributed by atoms with Crippen LogP contribution in [-0.4, -0.2) is 61.3 Å². The molecule has 0 amide bonds. The van der Waals surface area contributed by atoms with E-state index in [-0.39, 0.29) is 54.5 Å². The van der Waals surface area contributed by atoms with Gasteiger partial charge < -0.3 is 34.1 Å². The second-order valence-electron chi connectivity index (χ2n) is 12.1. The average Bonchev–Trinajstić information content (AvgIpc) is 2.83. The predicted molar refractivity (Wildman–Crippen MR) is 148 cm³/mol. The first kappa shape index (κ1) is 34.7. The minimum Gasteiger partial charge on any atom is -0.480 e. The topological polar surface area (TPSA) is 147 Å². The van der Waals surface area contributed by atoms with Crippen molar-refractivity contribution in [2.24, 2.45) is 10.8 Å². The van der Waals surface area contributed by atoms with Crippen LogP contribution < -0.4 is 14.8 Å². The molecule has 1 unspecified atom stereocenters. The predicted octanol–water partition coefficient (Wildman–Crippen LogP) is 5.52. The Morgan fingerprint density at radius 2 is 1.45 bits per heavy atom. The highest BCUT2D eigenvalue weighted by molar-refractivity contribution is 5.74. The molecule has 0 fully saturated rings. The second-order valence-corrected chi connectivity index (χ2v) is 12.1. The number of aliphatic carboxylic acids is 1. The maximum atomic E-state index is 12.4. The first-order valence-corrected chi connectivity index (χ1v) is 13.5. The molecular weight excluding hydrogens is 522 g/mol. The van der Waals surface area contributed by atoms with Crippen molar-refractivity contribution < 1.29 is 48.0 Å². The Bertz CT molecular complexity index is 994. The third kappa shape index (κ3) is 15.3. The number of rotatable bonds is 14. The van der Waals surface area contributed by atoms with Crippen LogP contribution in [0.1, 0.15) is 80.2 Å². The molecule has 11 heteroatoms. The third-order valence-electron chi connectivity index (χ3n) is 5.10. The first-order chi connectivity index (χ1) is 18.5. The number of nitrogens with one attached hydrogen (secondary N) is 1. The number of carbonyl (C=O) groups excluding carboxylic acids is 3. The van der Waals surface area contributed by atoms with Crippen LogP contribution in [0.25, 0.3) is 0 Å². The molecule has 2 atom stereocenters. The van der Waals surface area contributed by atoms with Crippen molar-refractivity contribution in [1.82, 2.24) is 5.32 Å². The van der Waals surface area contributed by atoms with E-state index in [4.69, 9.17) is 23.7 Å². The summed E-state index contributed by atoms with van der Waals surface area (Å²) in [6.07, 6.45) is -0.632. The van der Waals surface area contributed by atoms with Gasteiger partial charge in [0.15, 0.2) is 11.5 Å². The molecule has 0 aliphatic carbocycles. The van der Waals surface area contributed by atoms with Gasteiger partial charge in [-0.3, -0.25) is 9.59 Å². The molecule has 1 aromatic rings. The number of esters is 1. The number of carboxylic acids is 1. The fourth-order valence-corrected chi connectivity index (χ4v) is 3.07. The smallest absolute Gasteiger partial charge is 0.480 e. The Hall–Kier alpha value is -3.34. The van der Waals surface area contributed by atoms with Crippen molar-refractivity contribution in [2.45, 2.75) is 93.2 Å². The van der Waals surface area contributed by atoms with Crippen LogP contribution >= 0.6 is 0 Å². The van der Waals surface area contributed by atoms with Crippen LogP contribution in [0.2, 0.25) is 0 Å². The van der Waals surface area contributed by atoms with Crippen LogP contribution in [0.3, 0.4) is 0 Å². The van der Waals surface area contributed by atoms with E-state index in [1.807, 2.05) is 48.5 Å². The fourth-order valence-electron chi connectivity index (χ4n) is 3.07. The summed E-state index contributed by atoms with van der Waals surface area (Å²) in [5.41, 5.74) is -0.122. The van der Waals surface area contributed by atoms with E-state index in [0.29, 0.717) is 12.0 Å². The molecule has 0 bridgehead atoms. The molecule has 0 spiro atoms. The number of benzene rings is 1.